The number of aryl methyl sites for hydroxylation is 1. The molecule has 3 rings (SSSR count). The van der Waals surface area contributed by atoms with Gasteiger partial charge in [-0.15, -0.1) is 0 Å². The Morgan fingerprint density at radius 3 is 2.68 bits per heavy atom. The molecule has 3 nitrogen and oxygen atoms in total. The quantitative estimate of drug-likeness (QED) is 0.925. The molecule has 1 amide bonds. The predicted molar refractivity (Wildman–Crippen MR) is 88.7 cm³/mol. The second-order valence-electron chi connectivity index (χ2n) is 6.14. The Morgan fingerprint density at radius 2 is 1.91 bits per heavy atom. The van der Waals surface area contributed by atoms with Crippen LogP contribution in [0.1, 0.15) is 48.0 Å². The molecule has 0 bridgehead atoms. The lowest BCUT2D eigenvalue weighted by molar-refractivity contribution is 0.0927. The molecule has 0 atom stereocenters. The van der Waals surface area contributed by atoms with Gasteiger partial charge in [-0.3, -0.25) is 9.78 Å². The predicted octanol–water partition coefficient (Wildman–Crippen LogP) is 4.12. The Labute approximate surface area is 131 Å². The first-order chi connectivity index (χ1) is 10.7. The summed E-state index contributed by atoms with van der Waals surface area (Å²) in [4.78, 5) is 16.7. The number of nitrogens with zero attached hydrogens (tertiary/aromatic N) is 1. The summed E-state index contributed by atoms with van der Waals surface area (Å²) < 4.78 is 0. The summed E-state index contributed by atoms with van der Waals surface area (Å²) in [6.07, 6.45) is 9.37. The van der Waals surface area contributed by atoms with Crippen LogP contribution in [-0.2, 0) is 0 Å². The van der Waals surface area contributed by atoms with E-state index in [0.29, 0.717) is 11.6 Å². The Bertz CT molecular complexity index is 660. The minimum absolute atomic E-state index is 0.00565. The van der Waals surface area contributed by atoms with Crippen molar-refractivity contribution in [1.29, 1.82) is 0 Å². The van der Waals surface area contributed by atoms with Crippen LogP contribution in [0.4, 0.5) is 0 Å². The van der Waals surface area contributed by atoms with E-state index >= 15 is 0 Å². The summed E-state index contributed by atoms with van der Waals surface area (Å²) in [7, 11) is 0. The highest BCUT2D eigenvalue weighted by molar-refractivity contribution is 5.95. The highest BCUT2D eigenvalue weighted by Crippen LogP contribution is 2.21. The molecule has 114 valence electrons. The van der Waals surface area contributed by atoms with E-state index in [0.717, 1.165) is 24.0 Å². The van der Waals surface area contributed by atoms with Gasteiger partial charge in [-0.05, 0) is 31.4 Å². The van der Waals surface area contributed by atoms with Gasteiger partial charge in [-0.1, -0.05) is 49.1 Å². The molecular weight excluding hydrogens is 272 g/mol. The molecule has 1 saturated carbocycles. The number of benzene rings is 1. The van der Waals surface area contributed by atoms with E-state index in [2.05, 4.69) is 29.4 Å². The van der Waals surface area contributed by atoms with Crippen molar-refractivity contribution in [3.63, 3.8) is 0 Å². The van der Waals surface area contributed by atoms with Gasteiger partial charge >= 0.3 is 0 Å². The number of nitrogens with one attached hydrogen (secondary N) is 1. The van der Waals surface area contributed by atoms with Crippen molar-refractivity contribution >= 4 is 5.91 Å². The third-order valence-electron chi connectivity index (χ3n) is 4.29. The van der Waals surface area contributed by atoms with E-state index in [-0.39, 0.29) is 5.91 Å². The summed E-state index contributed by atoms with van der Waals surface area (Å²) in [6, 6.07) is 10.5. The normalized spacial score (nSPS) is 15.5. The number of carbonyl (C=O) groups excluding carboxylic acids is 1. The van der Waals surface area contributed by atoms with Gasteiger partial charge in [0.1, 0.15) is 0 Å². The maximum absolute atomic E-state index is 12.4. The number of hydrogen-bond donors (Lipinski definition) is 1. The fraction of sp³-hybridized carbons (Fsp3) is 0.368. The number of rotatable bonds is 3. The molecule has 3 heteroatoms. The fourth-order valence-electron chi connectivity index (χ4n) is 3.06. The number of carbonyl (C=O) groups is 1. The summed E-state index contributed by atoms with van der Waals surface area (Å²) in [6.45, 7) is 2.07. The molecule has 1 fully saturated rings. The monoisotopic (exact) mass is 294 g/mol. The van der Waals surface area contributed by atoms with E-state index in [1.54, 1.807) is 6.20 Å². The first-order valence-electron chi connectivity index (χ1n) is 8.05. The van der Waals surface area contributed by atoms with E-state index < -0.39 is 0 Å². The molecule has 0 radical (unpaired) electrons. The van der Waals surface area contributed by atoms with Crippen LogP contribution in [0, 0.1) is 6.92 Å². The molecule has 0 saturated heterocycles. The van der Waals surface area contributed by atoms with Crippen molar-refractivity contribution < 1.29 is 4.79 Å². The number of aromatic nitrogens is 1. The number of amides is 1. The Kier molecular flexibility index (Phi) is 4.52. The van der Waals surface area contributed by atoms with Gasteiger partial charge in [0.2, 0.25) is 0 Å². The first-order valence-corrected chi connectivity index (χ1v) is 8.05. The molecular formula is C19H22N2O. The van der Waals surface area contributed by atoms with Gasteiger partial charge < -0.3 is 5.32 Å². The summed E-state index contributed by atoms with van der Waals surface area (Å²) >= 11 is 0. The molecule has 22 heavy (non-hydrogen) atoms. The molecule has 0 unspecified atom stereocenters. The molecule has 2 aromatic rings. The van der Waals surface area contributed by atoms with Gasteiger partial charge in [0.05, 0.1) is 5.56 Å². The van der Waals surface area contributed by atoms with Crippen molar-refractivity contribution in [2.75, 3.05) is 0 Å². The van der Waals surface area contributed by atoms with Crippen molar-refractivity contribution in [1.82, 2.24) is 10.3 Å². The lowest BCUT2D eigenvalue weighted by Gasteiger charge is -2.22. The van der Waals surface area contributed by atoms with Gasteiger partial charge in [-0.2, -0.15) is 0 Å². The highest BCUT2D eigenvalue weighted by Gasteiger charge is 2.17. The van der Waals surface area contributed by atoms with Crippen LogP contribution in [0.3, 0.4) is 0 Å². The Balaban J connectivity index is 1.77. The van der Waals surface area contributed by atoms with Crippen LogP contribution < -0.4 is 5.32 Å². The SMILES string of the molecule is Cc1cccc(-c2cncc(C(=O)NC3CCCCC3)c2)c1. The summed E-state index contributed by atoms with van der Waals surface area (Å²) in [5.41, 5.74) is 3.93. The zero-order chi connectivity index (χ0) is 15.4. The molecule has 1 aromatic carbocycles. The second kappa shape index (κ2) is 6.73. The number of hydrogen-bond acceptors (Lipinski definition) is 2. The zero-order valence-corrected chi connectivity index (χ0v) is 13.0. The third-order valence-corrected chi connectivity index (χ3v) is 4.29. The molecule has 1 heterocycles. The lowest BCUT2D eigenvalue weighted by Crippen LogP contribution is -2.36. The maximum atomic E-state index is 12.4. The standard InChI is InChI=1S/C19H22N2O/c1-14-6-5-7-15(10-14)16-11-17(13-20-12-16)19(22)21-18-8-3-2-4-9-18/h5-7,10-13,18H,2-4,8-9H2,1H3,(H,21,22). The second-order valence-corrected chi connectivity index (χ2v) is 6.14. The molecule has 1 aromatic heterocycles. The van der Waals surface area contributed by atoms with E-state index in [1.807, 2.05) is 24.4 Å². The largest absolute Gasteiger partial charge is 0.349 e. The first kappa shape index (κ1) is 14.8. The van der Waals surface area contributed by atoms with E-state index in [9.17, 15) is 4.79 Å². The Morgan fingerprint density at radius 1 is 1.09 bits per heavy atom. The molecule has 0 spiro atoms. The average molecular weight is 294 g/mol. The minimum Gasteiger partial charge on any atom is -0.349 e. The highest BCUT2D eigenvalue weighted by atomic mass is 16.1. The lowest BCUT2D eigenvalue weighted by atomic mass is 9.95. The van der Waals surface area contributed by atoms with Crippen molar-refractivity contribution in [2.24, 2.45) is 0 Å². The third kappa shape index (κ3) is 3.53. The van der Waals surface area contributed by atoms with Crippen LogP contribution in [0.15, 0.2) is 42.7 Å². The smallest absolute Gasteiger partial charge is 0.253 e. The average Bonchev–Trinajstić information content (AvgIpc) is 2.56. The fourth-order valence-corrected chi connectivity index (χ4v) is 3.06. The van der Waals surface area contributed by atoms with Crippen molar-refractivity contribution in [3.8, 4) is 11.1 Å². The Hall–Kier alpha value is -2.16. The van der Waals surface area contributed by atoms with Gasteiger partial charge in [-0.25, -0.2) is 0 Å². The van der Waals surface area contributed by atoms with Crippen LogP contribution >= 0.6 is 0 Å². The van der Waals surface area contributed by atoms with E-state index in [4.69, 9.17) is 0 Å². The van der Waals surface area contributed by atoms with Crippen LogP contribution in [0.2, 0.25) is 0 Å². The molecule has 0 aliphatic heterocycles. The van der Waals surface area contributed by atoms with E-state index in [1.165, 1.54) is 24.8 Å². The zero-order valence-electron chi connectivity index (χ0n) is 13.0. The number of pyridine rings is 1. The van der Waals surface area contributed by atoms with Crippen molar-refractivity contribution in [3.05, 3.63) is 53.9 Å². The summed E-state index contributed by atoms with van der Waals surface area (Å²) in [5, 5.41) is 3.15. The topological polar surface area (TPSA) is 42.0 Å². The van der Waals surface area contributed by atoms with Crippen LogP contribution in [-0.4, -0.2) is 16.9 Å². The molecule has 1 aliphatic rings. The molecule has 1 aliphatic carbocycles. The van der Waals surface area contributed by atoms with Crippen molar-refractivity contribution in [2.45, 2.75) is 45.1 Å². The van der Waals surface area contributed by atoms with Gasteiger partial charge in [0.15, 0.2) is 0 Å². The van der Waals surface area contributed by atoms with Gasteiger partial charge in [0.25, 0.3) is 5.91 Å². The van der Waals surface area contributed by atoms with Gasteiger partial charge in [0, 0.05) is 24.0 Å². The molecule has 1 N–H and O–H groups in total. The van der Waals surface area contributed by atoms with Crippen LogP contribution in [0.5, 0.6) is 0 Å². The minimum atomic E-state index is -0.00565. The summed E-state index contributed by atoms with van der Waals surface area (Å²) in [5.74, 6) is -0.00565. The maximum Gasteiger partial charge on any atom is 0.253 e. The van der Waals surface area contributed by atoms with Crippen LogP contribution in [0.25, 0.3) is 11.1 Å².